The number of para-hydroxylation sites is 1. The van der Waals surface area contributed by atoms with Crippen molar-refractivity contribution in [3.8, 4) is 0 Å². The number of nitrogens with zero attached hydrogens (tertiary/aromatic N) is 3. The van der Waals surface area contributed by atoms with Crippen molar-refractivity contribution in [1.29, 1.82) is 0 Å². The van der Waals surface area contributed by atoms with E-state index in [0.29, 0.717) is 17.9 Å². The standard InChI is InChI=1S/C18H19N3O2S3/c1-4-23-16(22)15-11(3)12-8-6-7-9-13(12)19-14(15)10-25-18-21-20-17(26-18)24-5-2/h6-9H,4-5,10H2,1-3H3. The minimum absolute atomic E-state index is 0.321. The van der Waals surface area contributed by atoms with Gasteiger partial charge in [-0.2, -0.15) is 0 Å². The number of rotatable bonds is 7. The molecule has 8 heteroatoms. The molecule has 3 rings (SSSR count). The van der Waals surface area contributed by atoms with E-state index in [1.54, 1.807) is 34.9 Å². The number of pyridine rings is 1. The number of carbonyl (C=O) groups is 1. The number of hydrogen-bond donors (Lipinski definition) is 0. The molecule has 26 heavy (non-hydrogen) atoms. The predicted molar refractivity (Wildman–Crippen MR) is 108 cm³/mol. The third kappa shape index (κ3) is 4.19. The number of hydrogen-bond acceptors (Lipinski definition) is 8. The number of carbonyl (C=O) groups excluding carboxylic acids is 1. The first-order valence-corrected chi connectivity index (χ1v) is 11.1. The molecule has 0 bridgehead atoms. The van der Waals surface area contributed by atoms with E-state index in [4.69, 9.17) is 9.72 Å². The molecule has 0 unspecified atom stereocenters. The Hall–Kier alpha value is -1.64. The minimum atomic E-state index is -0.321. The van der Waals surface area contributed by atoms with Crippen molar-refractivity contribution < 1.29 is 9.53 Å². The van der Waals surface area contributed by atoms with Crippen molar-refractivity contribution in [2.45, 2.75) is 35.2 Å². The van der Waals surface area contributed by atoms with Crippen molar-refractivity contribution in [2.24, 2.45) is 0 Å². The maximum Gasteiger partial charge on any atom is 0.340 e. The van der Waals surface area contributed by atoms with Crippen LogP contribution >= 0.6 is 34.9 Å². The molecule has 0 aliphatic carbocycles. The highest BCUT2D eigenvalue weighted by Crippen LogP contribution is 2.32. The SMILES string of the molecule is CCOC(=O)c1c(CSc2nnc(SCC)s2)nc2ccccc2c1C. The maximum absolute atomic E-state index is 12.5. The molecular formula is C18H19N3O2S3. The second kappa shape index (κ2) is 8.83. The molecule has 0 radical (unpaired) electrons. The number of fused-ring (bicyclic) bond motifs is 1. The first-order valence-electron chi connectivity index (χ1n) is 8.28. The molecule has 136 valence electrons. The lowest BCUT2D eigenvalue weighted by Crippen LogP contribution is -2.12. The molecule has 1 aromatic carbocycles. The number of thioether (sulfide) groups is 2. The van der Waals surface area contributed by atoms with Gasteiger partial charge >= 0.3 is 5.97 Å². The molecule has 0 aliphatic heterocycles. The zero-order chi connectivity index (χ0) is 18.5. The Morgan fingerprint density at radius 2 is 1.88 bits per heavy atom. The van der Waals surface area contributed by atoms with Gasteiger partial charge in [0, 0.05) is 11.1 Å². The molecule has 0 N–H and O–H groups in total. The van der Waals surface area contributed by atoms with E-state index < -0.39 is 0 Å². The topological polar surface area (TPSA) is 65.0 Å². The van der Waals surface area contributed by atoms with Gasteiger partial charge in [0.15, 0.2) is 8.68 Å². The van der Waals surface area contributed by atoms with Gasteiger partial charge in [-0.05, 0) is 31.2 Å². The van der Waals surface area contributed by atoms with Gasteiger partial charge in [0.25, 0.3) is 0 Å². The van der Waals surface area contributed by atoms with Crippen LogP contribution in [0.4, 0.5) is 0 Å². The average Bonchev–Trinajstić information content (AvgIpc) is 3.08. The molecule has 0 aliphatic rings. The van der Waals surface area contributed by atoms with E-state index in [9.17, 15) is 4.79 Å². The highest BCUT2D eigenvalue weighted by Gasteiger charge is 2.20. The lowest BCUT2D eigenvalue weighted by atomic mass is 10.0. The van der Waals surface area contributed by atoms with Gasteiger partial charge in [0.1, 0.15) is 0 Å². The molecule has 0 atom stereocenters. The zero-order valence-corrected chi connectivity index (χ0v) is 17.3. The van der Waals surface area contributed by atoms with Crippen LogP contribution in [0.2, 0.25) is 0 Å². The Morgan fingerprint density at radius 3 is 2.62 bits per heavy atom. The number of esters is 1. The van der Waals surface area contributed by atoms with Crippen LogP contribution in [0.5, 0.6) is 0 Å². The van der Waals surface area contributed by atoms with E-state index in [1.165, 1.54) is 0 Å². The third-order valence-corrected chi connectivity index (χ3v) is 6.78. The van der Waals surface area contributed by atoms with Gasteiger partial charge < -0.3 is 4.74 Å². The van der Waals surface area contributed by atoms with Crippen LogP contribution in [0.1, 0.15) is 35.5 Å². The number of aromatic nitrogens is 3. The molecule has 5 nitrogen and oxygen atoms in total. The van der Waals surface area contributed by atoms with E-state index >= 15 is 0 Å². The van der Waals surface area contributed by atoms with Crippen LogP contribution in [0, 0.1) is 6.92 Å². The van der Waals surface area contributed by atoms with Crippen LogP contribution in [0.25, 0.3) is 10.9 Å². The first-order chi connectivity index (χ1) is 12.6. The van der Waals surface area contributed by atoms with E-state index in [1.807, 2.05) is 38.1 Å². The largest absolute Gasteiger partial charge is 0.462 e. The average molecular weight is 406 g/mol. The molecule has 0 fully saturated rings. The van der Waals surface area contributed by atoms with Gasteiger partial charge in [-0.25, -0.2) is 4.79 Å². The van der Waals surface area contributed by atoms with Crippen LogP contribution in [0.3, 0.4) is 0 Å². The van der Waals surface area contributed by atoms with Crippen LogP contribution in [0.15, 0.2) is 32.9 Å². The first kappa shape index (κ1) is 19.1. The van der Waals surface area contributed by atoms with E-state index in [0.717, 1.165) is 36.6 Å². The number of benzene rings is 1. The second-order valence-corrected chi connectivity index (χ2v) is 9.06. The molecule has 0 amide bonds. The molecule has 3 aromatic rings. The van der Waals surface area contributed by atoms with E-state index in [-0.39, 0.29) is 5.97 Å². The fourth-order valence-corrected chi connectivity index (χ4v) is 5.45. The Morgan fingerprint density at radius 1 is 1.15 bits per heavy atom. The molecule has 2 aromatic heterocycles. The summed E-state index contributed by atoms with van der Waals surface area (Å²) in [5, 5.41) is 9.36. The smallest absolute Gasteiger partial charge is 0.340 e. The minimum Gasteiger partial charge on any atom is -0.462 e. The third-order valence-electron chi connectivity index (χ3n) is 3.69. The summed E-state index contributed by atoms with van der Waals surface area (Å²) in [6, 6.07) is 7.85. The highest BCUT2D eigenvalue weighted by molar-refractivity contribution is 8.02. The Bertz CT molecular complexity index is 927. The van der Waals surface area contributed by atoms with Crippen LogP contribution in [-0.2, 0) is 10.5 Å². The summed E-state index contributed by atoms with van der Waals surface area (Å²) in [6.45, 7) is 6.19. The Kier molecular flexibility index (Phi) is 6.50. The summed E-state index contributed by atoms with van der Waals surface area (Å²) in [7, 11) is 0. The molecule has 2 heterocycles. The number of ether oxygens (including phenoxy) is 1. The lowest BCUT2D eigenvalue weighted by Gasteiger charge is -2.13. The van der Waals surface area contributed by atoms with Crippen molar-refractivity contribution in [1.82, 2.24) is 15.2 Å². The Labute approximate surface area is 165 Å². The normalized spacial score (nSPS) is 11.0. The van der Waals surface area contributed by atoms with Crippen molar-refractivity contribution >= 4 is 51.7 Å². The van der Waals surface area contributed by atoms with Crippen molar-refractivity contribution in [3.63, 3.8) is 0 Å². The molecule has 0 saturated carbocycles. The summed E-state index contributed by atoms with van der Waals surface area (Å²) >= 11 is 4.80. The molecule has 0 spiro atoms. The van der Waals surface area contributed by atoms with Gasteiger partial charge in [-0.15, -0.1) is 10.2 Å². The monoisotopic (exact) mass is 405 g/mol. The fraction of sp³-hybridized carbons (Fsp3) is 0.333. The fourth-order valence-electron chi connectivity index (χ4n) is 2.59. The summed E-state index contributed by atoms with van der Waals surface area (Å²) in [4.78, 5) is 17.3. The molecule has 0 saturated heterocycles. The van der Waals surface area contributed by atoms with Gasteiger partial charge in [-0.3, -0.25) is 4.98 Å². The summed E-state index contributed by atoms with van der Waals surface area (Å²) < 4.78 is 7.11. The highest BCUT2D eigenvalue weighted by atomic mass is 32.2. The van der Waals surface area contributed by atoms with Crippen molar-refractivity contribution in [2.75, 3.05) is 12.4 Å². The Balaban J connectivity index is 1.94. The zero-order valence-electron chi connectivity index (χ0n) is 14.8. The summed E-state index contributed by atoms with van der Waals surface area (Å²) in [5.74, 6) is 1.20. The van der Waals surface area contributed by atoms with E-state index in [2.05, 4.69) is 17.1 Å². The summed E-state index contributed by atoms with van der Waals surface area (Å²) in [6.07, 6.45) is 0. The number of aryl methyl sites for hydroxylation is 1. The van der Waals surface area contributed by atoms with Crippen LogP contribution < -0.4 is 0 Å². The summed E-state index contributed by atoms with van der Waals surface area (Å²) in [5.41, 5.74) is 3.08. The van der Waals surface area contributed by atoms with Gasteiger partial charge in [0.05, 0.1) is 23.4 Å². The lowest BCUT2D eigenvalue weighted by molar-refractivity contribution is 0.0524. The maximum atomic E-state index is 12.5. The van der Waals surface area contributed by atoms with Gasteiger partial charge in [0.2, 0.25) is 0 Å². The predicted octanol–water partition coefficient (Wildman–Crippen LogP) is 4.98. The quantitative estimate of drug-likeness (QED) is 0.406. The second-order valence-electron chi connectivity index (χ2n) is 5.35. The molecular weight excluding hydrogens is 386 g/mol. The van der Waals surface area contributed by atoms with Gasteiger partial charge in [-0.1, -0.05) is 60.0 Å². The van der Waals surface area contributed by atoms with Crippen LogP contribution in [-0.4, -0.2) is 33.5 Å². The van der Waals surface area contributed by atoms with Crippen molar-refractivity contribution in [3.05, 3.63) is 41.1 Å².